The lowest BCUT2D eigenvalue weighted by Crippen LogP contribution is -2.16. The molecule has 2 aromatic carbocycles. The van der Waals surface area contributed by atoms with Crippen molar-refractivity contribution < 1.29 is 34.3 Å². The Morgan fingerprint density at radius 2 is 1.18 bits per heavy atom. The highest BCUT2D eigenvalue weighted by molar-refractivity contribution is 5.72. The Balaban J connectivity index is 2.31. The molecule has 0 aliphatic rings. The molecule has 0 fully saturated rings. The molecule has 0 bridgehead atoms. The van der Waals surface area contributed by atoms with Crippen LogP contribution in [0, 0.1) is 25.7 Å². The van der Waals surface area contributed by atoms with E-state index in [0.29, 0.717) is 36.5 Å². The number of aromatic hydroxyl groups is 2. The van der Waals surface area contributed by atoms with Crippen LogP contribution >= 0.6 is 0 Å². The lowest BCUT2D eigenvalue weighted by Gasteiger charge is -2.22. The predicted octanol–water partition coefficient (Wildman–Crippen LogP) is 5.20. The Labute approximate surface area is 227 Å². The molecule has 38 heavy (non-hydrogen) atoms. The topological polar surface area (TPSA) is 105 Å². The first-order chi connectivity index (χ1) is 18.0. The molecule has 0 aliphatic heterocycles. The monoisotopic (exact) mass is 530 g/mol. The molecule has 0 unspecified atom stereocenters. The van der Waals surface area contributed by atoms with Gasteiger partial charge in [0.2, 0.25) is 0 Å². The number of carbonyl (C=O) groups is 1. The maximum atomic E-state index is 13.0. The number of ether oxygens (including phenoxy) is 3. The van der Waals surface area contributed by atoms with Crippen LogP contribution in [0.3, 0.4) is 0 Å². The number of aryl methyl sites for hydroxylation is 2. The van der Waals surface area contributed by atoms with Gasteiger partial charge in [0.05, 0.1) is 39.5 Å². The summed E-state index contributed by atoms with van der Waals surface area (Å²) in [6.45, 7) is 13.6. The number of hydrogen-bond donors (Lipinski definition) is 3. The largest absolute Gasteiger partial charge is 0.507 e. The molecule has 0 atom stereocenters. The van der Waals surface area contributed by atoms with Crippen LogP contribution in [-0.4, -0.2) is 60.9 Å². The van der Waals surface area contributed by atoms with Crippen molar-refractivity contribution in [3.63, 3.8) is 0 Å². The first kappa shape index (κ1) is 31.6. The van der Waals surface area contributed by atoms with Gasteiger partial charge in [0.15, 0.2) is 0 Å². The van der Waals surface area contributed by atoms with Crippen LogP contribution in [0.5, 0.6) is 11.5 Å². The Kier molecular flexibility index (Phi) is 13.1. The second-order valence-electron chi connectivity index (χ2n) is 10.8. The number of benzene rings is 2. The number of hydrogen-bond acceptors (Lipinski definition) is 7. The van der Waals surface area contributed by atoms with Crippen molar-refractivity contribution in [2.75, 3.05) is 39.6 Å². The SMILES string of the molecule is Cc1cc(C(CC(=O)OCCOCCOCCO)c2cc(C)c(O)c(CC(C)C)c2)cc(CC(C)C)c1O. The molecule has 7 heteroatoms. The summed E-state index contributed by atoms with van der Waals surface area (Å²) in [6.07, 6.45) is 1.57. The van der Waals surface area contributed by atoms with E-state index in [1.54, 1.807) is 0 Å². The maximum Gasteiger partial charge on any atom is 0.306 e. The van der Waals surface area contributed by atoms with Gasteiger partial charge in [0.1, 0.15) is 18.1 Å². The van der Waals surface area contributed by atoms with Gasteiger partial charge in [-0.2, -0.15) is 0 Å². The molecular formula is C31H46O7. The number of aliphatic hydroxyl groups is 1. The summed E-state index contributed by atoms with van der Waals surface area (Å²) < 4.78 is 16.1. The van der Waals surface area contributed by atoms with Gasteiger partial charge in [0, 0.05) is 5.92 Å². The van der Waals surface area contributed by atoms with Crippen LogP contribution < -0.4 is 0 Å². The quantitative estimate of drug-likeness (QED) is 0.202. The zero-order valence-electron chi connectivity index (χ0n) is 23.9. The highest BCUT2D eigenvalue weighted by Crippen LogP contribution is 2.37. The van der Waals surface area contributed by atoms with Crippen LogP contribution in [0.2, 0.25) is 0 Å². The number of phenolic OH excluding ortho intramolecular Hbond substituents is 2. The van der Waals surface area contributed by atoms with E-state index in [0.717, 1.165) is 46.2 Å². The molecule has 0 saturated carbocycles. The summed E-state index contributed by atoms with van der Waals surface area (Å²) >= 11 is 0. The molecule has 2 aromatic rings. The number of aliphatic hydroxyl groups excluding tert-OH is 1. The van der Waals surface area contributed by atoms with Gasteiger partial charge in [-0.25, -0.2) is 0 Å². The number of rotatable bonds is 16. The third-order valence-electron chi connectivity index (χ3n) is 6.33. The van der Waals surface area contributed by atoms with E-state index >= 15 is 0 Å². The normalized spacial score (nSPS) is 11.6. The zero-order valence-corrected chi connectivity index (χ0v) is 23.9. The highest BCUT2D eigenvalue weighted by atomic mass is 16.6. The number of phenols is 2. The van der Waals surface area contributed by atoms with E-state index in [1.807, 2.05) is 38.1 Å². The van der Waals surface area contributed by atoms with Crippen LogP contribution in [0.15, 0.2) is 24.3 Å². The van der Waals surface area contributed by atoms with Crippen LogP contribution in [-0.2, 0) is 31.8 Å². The Morgan fingerprint density at radius 1 is 0.737 bits per heavy atom. The van der Waals surface area contributed by atoms with E-state index in [1.165, 1.54) is 0 Å². The van der Waals surface area contributed by atoms with Crippen molar-refractivity contribution in [2.24, 2.45) is 11.8 Å². The van der Waals surface area contributed by atoms with Crippen molar-refractivity contribution in [3.05, 3.63) is 57.6 Å². The van der Waals surface area contributed by atoms with Gasteiger partial charge in [-0.05, 0) is 71.9 Å². The van der Waals surface area contributed by atoms with E-state index < -0.39 is 0 Å². The first-order valence-electron chi connectivity index (χ1n) is 13.6. The van der Waals surface area contributed by atoms with Gasteiger partial charge < -0.3 is 29.5 Å². The van der Waals surface area contributed by atoms with Crippen LogP contribution in [0.25, 0.3) is 0 Å². The molecule has 7 nitrogen and oxygen atoms in total. The molecule has 0 spiro atoms. The highest BCUT2D eigenvalue weighted by Gasteiger charge is 2.24. The Hall–Kier alpha value is -2.61. The zero-order chi connectivity index (χ0) is 28.2. The fourth-order valence-corrected chi connectivity index (χ4v) is 4.61. The molecule has 0 saturated heterocycles. The molecule has 212 valence electrons. The van der Waals surface area contributed by atoms with Gasteiger partial charge >= 0.3 is 5.97 Å². The maximum absolute atomic E-state index is 13.0. The molecule has 0 radical (unpaired) electrons. The molecule has 0 aromatic heterocycles. The summed E-state index contributed by atoms with van der Waals surface area (Å²) in [5.41, 5.74) is 5.14. The minimum absolute atomic E-state index is 0.0299. The molecule has 3 N–H and O–H groups in total. The average Bonchev–Trinajstić information content (AvgIpc) is 2.84. The summed E-state index contributed by atoms with van der Waals surface area (Å²) in [6, 6.07) is 7.88. The predicted molar refractivity (Wildman–Crippen MR) is 149 cm³/mol. The standard InChI is InChI=1S/C31H46O7/c1-20(2)13-26-17-24(15-22(5)30(26)34)28(19-29(33)38-12-11-37-10-9-36-8-7-32)25-16-23(6)31(35)27(18-25)14-21(3)4/h15-18,20-21,28,32,34-35H,7-14,19H2,1-6H3. The fourth-order valence-electron chi connectivity index (χ4n) is 4.61. The van der Waals surface area contributed by atoms with Crippen molar-refractivity contribution in [1.29, 1.82) is 0 Å². The minimum atomic E-state index is -0.345. The smallest absolute Gasteiger partial charge is 0.306 e. The van der Waals surface area contributed by atoms with E-state index in [9.17, 15) is 15.0 Å². The Bertz CT molecular complexity index is 964. The molecule has 0 aliphatic carbocycles. The Morgan fingerprint density at radius 3 is 1.63 bits per heavy atom. The second-order valence-corrected chi connectivity index (χ2v) is 10.8. The summed E-state index contributed by atoms with van der Waals surface area (Å²) in [7, 11) is 0. The third-order valence-corrected chi connectivity index (χ3v) is 6.33. The molecule has 0 heterocycles. The fraction of sp³-hybridized carbons (Fsp3) is 0.581. The second kappa shape index (κ2) is 15.7. The average molecular weight is 531 g/mol. The van der Waals surface area contributed by atoms with E-state index in [-0.39, 0.29) is 44.7 Å². The lowest BCUT2D eigenvalue weighted by atomic mass is 9.83. The van der Waals surface area contributed by atoms with Crippen molar-refractivity contribution >= 4 is 5.97 Å². The first-order valence-corrected chi connectivity index (χ1v) is 13.6. The van der Waals surface area contributed by atoms with Crippen molar-refractivity contribution in [1.82, 2.24) is 0 Å². The lowest BCUT2D eigenvalue weighted by molar-refractivity contribution is -0.145. The minimum Gasteiger partial charge on any atom is -0.507 e. The van der Waals surface area contributed by atoms with Crippen LogP contribution in [0.1, 0.15) is 73.4 Å². The van der Waals surface area contributed by atoms with Gasteiger partial charge in [-0.3, -0.25) is 4.79 Å². The third kappa shape index (κ3) is 9.93. The summed E-state index contributed by atoms with van der Waals surface area (Å²) in [5.74, 6) is 0.675. The van der Waals surface area contributed by atoms with Gasteiger partial charge in [-0.15, -0.1) is 0 Å². The number of carbonyl (C=O) groups excluding carboxylic acids is 1. The van der Waals surface area contributed by atoms with Crippen molar-refractivity contribution in [3.8, 4) is 11.5 Å². The molecule has 0 amide bonds. The van der Waals surface area contributed by atoms with Crippen LogP contribution in [0.4, 0.5) is 0 Å². The summed E-state index contributed by atoms with van der Waals surface area (Å²) in [5, 5.41) is 30.1. The molecule has 2 rings (SSSR count). The summed E-state index contributed by atoms with van der Waals surface area (Å²) in [4.78, 5) is 13.0. The number of esters is 1. The van der Waals surface area contributed by atoms with Gasteiger partial charge in [0.25, 0.3) is 0 Å². The van der Waals surface area contributed by atoms with Crippen molar-refractivity contribution in [2.45, 2.75) is 66.7 Å². The van der Waals surface area contributed by atoms with Gasteiger partial charge in [-0.1, -0.05) is 52.0 Å². The molecular weight excluding hydrogens is 484 g/mol. The van der Waals surface area contributed by atoms with E-state index in [4.69, 9.17) is 19.3 Å². The van der Waals surface area contributed by atoms with E-state index in [2.05, 4.69) is 27.7 Å².